The zero-order valence-electron chi connectivity index (χ0n) is 18.4. The molecule has 2 fully saturated rings. The van der Waals surface area contributed by atoms with E-state index in [1.807, 2.05) is 42.6 Å². The highest BCUT2D eigenvalue weighted by Gasteiger charge is 2.42. The highest BCUT2D eigenvalue weighted by molar-refractivity contribution is 7.80. The zero-order chi connectivity index (χ0) is 22.2. The van der Waals surface area contributed by atoms with Crippen LogP contribution in [0.4, 0.5) is 0 Å². The van der Waals surface area contributed by atoms with E-state index in [0.717, 1.165) is 53.9 Å². The van der Waals surface area contributed by atoms with Crippen LogP contribution in [0.1, 0.15) is 47.6 Å². The minimum atomic E-state index is -0.0663. The molecule has 6 nitrogen and oxygen atoms in total. The largest absolute Gasteiger partial charge is 0.506 e. The number of phenolic OH excluding ortho intramolecular Hbond substituents is 1. The monoisotopic (exact) mass is 448 g/mol. The van der Waals surface area contributed by atoms with Crippen molar-refractivity contribution in [3.05, 3.63) is 77.4 Å². The van der Waals surface area contributed by atoms with Gasteiger partial charge in [-0.25, -0.2) is 0 Å². The Kier molecular flexibility index (Phi) is 5.61. The summed E-state index contributed by atoms with van der Waals surface area (Å²) in [5, 5.41) is 14.8. The molecule has 0 radical (unpaired) electrons. The number of aromatic hydroxyl groups is 1. The Morgan fingerprint density at radius 2 is 2.00 bits per heavy atom. The van der Waals surface area contributed by atoms with Gasteiger partial charge in [0.2, 0.25) is 0 Å². The molecular formula is C25H28N4O2S. The van der Waals surface area contributed by atoms with Gasteiger partial charge in [-0.1, -0.05) is 18.2 Å². The van der Waals surface area contributed by atoms with E-state index in [-0.39, 0.29) is 23.9 Å². The number of rotatable bonds is 5. The molecule has 1 aromatic carbocycles. The Labute approximate surface area is 193 Å². The maximum Gasteiger partial charge on any atom is 0.170 e. The van der Waals surface area contributed by atoms with Crippen LogP contribution in [0.3, 0.4) is 0 Å². The van der Waals surface area contributed by atoms with Crippen LogP contribution in [0.15, 0.2) is 54.7 Å². The highest BCUT2D eigenvalue weighted by atomic mass is 32.1. The topological polar surface area (TPSA) is 62.5 Å². The van der Waals surface area contributed by atoms with E-state index in [4.69, 9.17) is 17.0 Å². The van der Waals surface area contributed by atoms with Gasteiger partial charge in [0, 0.05) is 30.7 Å². The van der Waals surface area contributed by atoms with Crippen molar-refractivity contribution >= 4 is 17.3 Å². The quantitative estimate of drug-likeness (QED) is 0.566. The molecule has 4 heterocycles. The number of para-hydroxylation sites is 2. The number of aryl methyl sites for hydroxylation is 1. The molecule has 166 valence electrons. The molecular weight excluding hydrogens is 420 g/mol. The first-order chi connectivity index (χ1) is 15.5. The van der Waals surface area contributed by atoms with Gasteiger partial charge in [-0.05, 0) is 74.8 Å². The lowest BCUT2D eigenvalue weighted by molar-refractivity contribution is 0.0842. The van der Waals surface area contributed by atoms with Gasteiger partial charge in [0.15, 0.2) is 5.11 Å². The van der Waals surface area contributed by atoms with Crippen molar-refractivity contribution < 1.29 is 9.84 Å². The number of ether oxygens (including phenoxy) is 1. The average Bonchev–Trinajstić information content (AvgIpc) is 3.49. The van der Waals surface area contributed by atoms with Crippen LogP contribution in [0.2, 0.25) is 0 Å². The van der Waals surface area contributed by atoms with Gasteiger partial charge < -0.3 is 24.6 Å². The average molecular weight is 449 g/mol. The third kappa shape index (κ3) is 3.65. The number of thiocarbonyl (C=S) groups is 1. The second kappa shape index (κ2) is 8.56. The van der Waals surface area contributed by atoms with Crippen molar-refractivity contribution in [2.75, 3.05) is 13.2 Å². The molecule has 3 atom stereocenters. The number of pyridine rings is 1. The van der Waals surface area contributed by atoms with E-state index < -0.39 is 0 Å². The fourth-order valence-electron chi connectivity index (χ4n) is 5.06. The zero-order valence-corrected chi connectivity index (χ0v) is 19.2. The number of hydrogen-bond acceptors (Lipinski definition) is 4. The number of hydrogen-bond donors (Lipinski definition) is 2. The van der Waals surface area contributed by atoms with Gasteiger partial charge in [0.05, 0.1) is 29.6 Å². The number of nitrogens with zero attached hydrogens (tertiary/aromatic N) is 3. The molecule has 0 aliphatic carbocycles. The summed E-state index contributed by atoms with van der Waals surface area (Å²) in [4.78, 5) is 6.91. The van der Waals surface area contributed by atoms with Gasteiger partial charge in [-0.3, -0.25) is 4.98 Å². The summed E-state index contributed by atoms with van der Waals surface area (Å²) < 4.78 is 8.07. The normalized spacial score (nSPS) is 23.0. The minimum Gasteiger partial charge on any atom is -0.506 e. The first kappa shape index (κ1) is 21.0. The van der Waals surface area contributed by atoms with Gasteiger partial charge in [-0.15, -0.1) is 0 Å². The summed E-state index contributed by atoms with van der Waals surface area (Å²) in [6, 6.07) is 15.6. The molecule has 2 N–H and O–H groups in total. The van der Waals surface area contributed by atoms with E-state index >= 15 is 0 Å². The standard InChI is InChI=1S/C25H28N4O2S/c1-16-14-19(17(2)29(16)21-10-3-4-11-22(21)30)24-23(20-9-5-6-12-26-20)27-25(32)28(24)15-18-8-7-13-31-18/h3-6,9-12,14,18,23-24,30H,7-8,13,15H2,1-2H3,(H,27,32)/t18-,23-,24-/m0/s1. The summed E-state index contributed by atoms with van der Waals surface area (Å²) in [7, 11) is 0. The first-order valence-electron chi connectivity index (χ1n) is 11.1. The third-order valence-corrected chi connectivity index (χ3v) is 6.89. The molecule has 2 aromatic heterocycles. The van der Waals surface area contributed by atoms with Crippen LogP contribution < -0.4 is 5.32 Å². The summed E-state index contributed by atoms with van der Waals surface area (Å²) >= 11 is 5.81. The van der Waals surface area contributed by atoms with Crippen LogP contribution in [0.5, 0.6) is 5.75 Å². The second-order valence-corrected chi connectivity index (χ2v) is 8.95. The Morgan fingerprint density at radius 1 is 1.19 bits per heavy atom. The van der Waals surface area contributed by atoms with Crippen molar-refractivity contribution in [1.82, 2.24) is 19.8 Å². The lowest BCUT2D eigenvalue weighted by Crippen LogP contribution is -2.36. The van der Waals surface area contributed by atoms with Crippen molar-refractivity contribution in [2.24, 2.45) is 0 Å². The van der Waals surface area contributed by atoms with E-state index in [9.17, 15) is 5.11 Å². The maximum atomic E-state index is 10.5. The molecule has 2 aliphatic heterocycles. The predicted molar refractivity (Wildman–Crippen MR) is 128 cm³/mol. The molecule has 3 aromatic rings. The molecule has 0 saturated carbocycles. The van der Waals surface area contributed by atoms with Crippen LogP contribution in [0.25, 0.3) is 5.69 Å². The van der Waals surface area contributed by atoms with Gasteiger partial charge in [0.1, 0.15) is 5.75 Å². The second-order valence-electron chi connectivity index (χ2n) is 8.56. The Morgan fingerprint density at radius 3 is 2.72 bits per heavy atom. The molecule has 2 aliphatic rings. The fraction of sp³-hybridized carbons (Fsp3) is 0.360. The highest BCUT2D eigenvalue weighted by Crippen LogP contribution is 2.42. The van der Waals surface area contributed by atoms with Crippen LogP contribution >= 0.6 is 12.2 Å². The lowest BCUT2D eigenvalue weighted by atomic mass is 9.96. The molecule has 0 unspecified atom stereocenters. The van der Waals surface area contributed by atoms with Gasteiger partial charge >= 0.3 is 0 Å². The lowest BCUT2D eigenvalue weighted by Gasteiger charge is -2.30. The third-order valence-electron chi connectivity index (χ3n) is 6.53. The van der Waals surface area contributed by atoms with E-state index in [0.29, 0.717) is 0 Å². The van der Waals surface area contributed by atoms with E-state index in [1.54, 1.807) is 6.07 Å². The molecule has 7 heteroatoms. The summed E-state index contributed by atoms with van der Waals surface area (Å²) in [5.74, 6) is 0.262. The van der Waals surface area contributed by atoms with Crippen LogP contribution in [-0.4, -0.2) is 43.9 Å². The van der Waals surface area contributed by atoms with Gasteiger partial charge in [-0.2, -0.15) is 0 Å². The maximum absolute atomic E-state index is 10.5. The summed E-state index contributed by atoms with van der Waals surface area (Å²) in [5.41, 5.74) is 5.06. The fourth-order valence-corrected chi connectivity index (χ4v) is 5.37. The van der Waals surface area contributed by atoms with Crippen molar-refractivity contribution in [3.63, 3.8) is 0 Å². The molecule has 0 spiro atoms. The minimum absolute atomic E-state index is 0.0209. The predicted octanol–water partition coefficient (Wildman–Crippen LogP) is 4.35. The Balaban J connectivity index is 1.60. The SMILES string of the molecule is Cc1cc([C@H]2[C@H](c3ccccn3)NC(=S)N2C[C@@H]2CCCO2)c(C)n1-c1ccccc1O. The smallest absolute Gasteiger partial charge is 0.170 e. The molecule has 2 saturated heterocycles. The van der Waals surface area contributed by atoms with E-state index in [1.165, 1.54) is 5.56 Å². The summed E-state index contributed by atoms with van der Waals surface area (Å²) in [6.07, 6.45) is 4.15. The first-order valence-corrected chi connectivity index (χ1v) is 11.5. The van der Waals surface area contributed by atoms with Crippen molar-refractivity contribution in [1.29, 1.82) is 0 Å². The number of nitrogens with one attached hydrogen (secondary N) is 1. The number of phenols is 1. The summed E-state index contributed by atoms with van der Waals surface area (Å²) in [6.45, 7) is 5.74. The Hall–Kier alpha value is -2.90. The number of benzene rings is 1. The molecule has 32 heavy (non-hydrogen) atoms. The van der Waals surface area contributed by atoms with Crippen LogP contribution in [-0.2, 0) is 4.74 Å². The van der Waals surface area contributed by atoms with E-state index in [2.05, 4.69) is 39.7 Å². The molecule has 0 amide bonds. The van der Waals surface area contributed by atoms with Gasteiger partial charge in [0.25, 0.3) is 0 Å². The van der Waals surface area contributed by atoms with Crippen molar-refractivity contribution in [2.45, 2.75) is 44.9 Å². The Bertz CT molecular complexity index is 1120. The molecule has 5 rings (SSSR count). The number of aromatic nitrogens is 2. The molecule has 0 bridgehead atoms. The van der Waals surface area contributed by atoms with Crippen LogP contribution in [0, 0.1) is 13.8 Å². The van der Waals surface area contributed by atoms with Crippen molar-refractivity contribution in [3.8, 4) is 11.4 Å².